The number of hydrogen-bond donors (Lipinski definition) is 1. The molecule has 0 aromatic rings. The van der Waals surface area contributed by atoms with Gasteiger partial charge in [-0.2, -0.15) is 0 Å². The highest BCUT2D eigenvalue weighted by Crippen LogP contribution is 2.20. The van der Waals surface area contributed by atoms with Crippen molar-refractivity contribution in [1.82, 2.24) is 4.90 Å². The Balaban J connectivity index is 2.73. The van der Waals surface area contributed by atoms with E-state index in [1.54, 1.807) is 0 Å². The summed E-state index contributed by atoms with van der Waals surface area (Å²) in [5, 5.41) is 0. The average Bonchev–Trinajstić information content (AvgIpc) is 2.37. The van der Waals surface area contributed by atoms with Crippen LogP contribution >= 0.6 is 0 Å². The first-order valence-corrected chi connectivity index (χ1v) is 7.24. The SMILES string of the molecule is CC(C)C(C)N(C)C1CS(=O)(=O)CC1N. The molecule has 0 spiro atoms. The molecule has 0 aromatic heterocycles. The molecule has 5 heteroatoms. The smallest absolute Gasteiger partial charge is 0.153 e. The Labute approximate surface area is 92.7 Å². The van der Waals surface area contributed by atoms with Crippen LogP contribution in [0.15, 0.2) is 0 Å². The summed E-state index contributed by atoms with van der Waals surface area (Å²) in [5.74, 6) is 0.847. The van der Waals surface area contributed by atoms with Gasteiger partial charge in [-0.3, -0.25) is 4.90 Å². The van der Waals surface area contributed by atoms with Gasteiger partial charge in [0.15, 0.2) is 9.84 Å². The van der Waals surface area contributed by atoms with Crippen LogP contribution in [-0.2, 0) is 9.84 Å². The van der Waals surface area contributed by atoms with Crippen LogP contribution in [0.5, 0.6) is 0 Å². The Bertz CT molecular complexity index is 313. The van der Waals surface area contributed by atoms with Crippen molar-refractivity contribution in [1.29, 1.82) is 0 Å². The van der Waals surface area contributed by atoms with E-state index >= 15 is 0 Å². The molecule has 3 unspecified atom stereocenters. The van der Waals surface area contributed by atoms with Gasteiger partial charge in [0, 0.05) is 18.1 Å². The average molecular weight is 234 g/mol. The van der Waals surface area contributed by atoms with E-state index in [-0.39, 0.29) is 23.6 Å². The molecular formula is C10H22N2O2S. The standard InChI is InChI=1S/C10H22N2O2S/c1-7(2)8(3)12(4)10-6-15(13,14)5-9(10)11/h7-10H,5-6,11H2,1-4H3. The molecule has 1 heterocycles. The Morgan fingerprint density at radius 2 is 1.80 bits per heavy atom. The second-order valence-electron chi connectivity index (χ2n) is 4.96. The van der Waals surface area contributed by atoms with E-state index in [0.717, 1.165) is 0 Å². The van der Waals surface area contributed by atoms with Gasteiger partial charge in [-0.1, -0.05) is 13.8 Å². The Morgan fingerprint density at radius 3 is 2.13 bits per heavy atom. The molecule has 3 atom stereocenters. The summed E-state index contributed by atoms with van der Waals surface area (Å²) in [7, 11) is -0.947. The molecule has 0 amide bonds. The molecule has 15 heavy (non-hydrogen) atoms. The summed E-state index contributed by atoms with van der Waals surface area (Å²) in [5.41, 5.74) is 5.87. The zero-order valence-electron chi connectivity index (χ0n) is 9.97. The minimum Gasteiger partial charge on any atom is -0.325 e. The lowest BCUT2D eigenvalue weighted by atomic mass is 10.0. The van der Waals surface area contributed by atoms with Crippen molar-refractivity contribution in [3.05, 3.63) is 0 Å². The summed E-state index contributed by atoms with van der Waals surface area (Å²) >= 11 is 0. The van der Waals surface area contributed by atoms with Crippen molar-refractivity contribution in [2.75, 3.05) is 18.6 Å². The van der Waals surface area contributed by atoms with Crippen LogP contribution in [0.1, 0.15) is 20.8 Å². The van der Waals surface area contributed by atoms with E-state index in [1.165, 1.54) is 0 Å². The summed E-state index contributed by atoms with van der Waals surface area (Å²) in [4.78, 5) is 2.11. The van der Waals surface area contributed by atoms with Crippen molar-refractivity contribution in [3.63, 3.8) is 0 Å². The molecule has 1 aliphatic rings. The van der Waals surface area contributed by atoms with Crippen LogP contribution in [0.2, 0.25) is 0 Å². The maximum Gasteiger partial charge on any atom is 0.153 e. The summed E-state index contributed by atoms with van der Waals surface area (Å²) in [6.45, 7) is 6.38. The quantitative estimate of drug-likeness (QED) is 0.751. The minimum atomic E-state index is -2.92. The van der Waals surface area contributed by atoms with Crippen molar-refractivity contribution < 1.29 is 8.42 Å². The number of likely N-dealkylation sites (N-methyl/N-ethyl adjacent to an activating group) is 1. The van der Waals surface area contributed by atoms with Crippen LogP contribution in [0.4, 0.5) is 0 Å². The van der Waals surface area contributed by atoms with Gasteiger partial charge in [0.25, 0.3) is 0 Å². The lowest BCUT2D eigenvalue weighted by Crippen LogP contribution is -2.50. The summed E-state index contributed by atoms with van der Waals surface area (Å²) in [6, 6.07) is 0.1000. The van der Waals surface area contributed by atoms with E-state index in [9.17, 15) is 8.42 Å². The second-order valence-corrected chi connectivity index (χ2v) is 7.11. The number of nitrogens with zero attached hydrogens (tertiary/aromatic N) is 1. The zero-order chi connectivity index (χ0) is 11.8. The van der Waals surface area contributed by atoms with Crippen LogP contribution < -0.4 is 5.73 Å². The Morgan fingerprint density at radius 1 is 1.27 bits per heavy atom. The fourth-order valence-corrected chi connectivity index (χ4v) is 4.00. The zero-order valence-corrected chi connectivity index (χ0v) is 10.8. The van der Waals surface area contributed by atoms with Gasteiger partial charge in [0.2, 0.25) is 0 Å². The van der Waals surface area contributed by atoms with Crippen molar-refractivity contribution in [2.45, 2.75) is 38.9 Å². The van der Waals surface area contributed by atoms with Gasteiger partial charge < -0.3 is 5.73 Å². The van der Waals surface area contributed by atoms with Gasteiger partial charge >= 0.3 is 0 Å². The predicted octanol–water partition coefficient (Wildman–Crippen LogP) is 0.0870. The van der Waals surface area contributed by atoms with Gasteiger partial charge in [-0.05, 0) is 19.9 Å². The van der Waals surface area contributed by atoms with Crippen LogP contribution in [0, 0.1) is 5.92 Å². The monoisotopic (exact) mass is 234 g/mol. The molecule has 1 aliphatic heterocycles. The fourth-order valence-electron chi connectivity index (χ4n) is 2.05. The first kappa shape index (κ1) is 12.9. The molecule has 0 bridgehead atoms. The van der Waals surface area contributed by atoms with E-state index in [4.69, 9.17) is 5.73 Å². The van der Waals surface area contributed by atoms with Crippen molar-refractivity contribution in [3.8, 4) is 0 Å². The van der Waals surface area contributed by atoms with E-state index in [1.807, 2.05) is 7.05 Å². The number of nitrogens with two attached hydrogens (primary N) is 1. The normalized spacial score (nSPS) is 32.5. The molecule has 1 rings (SSSR count). The Hall–Kier alpha value is -0.130. The van der Waals surface area contributed by atoms with Crippen molar-refractivity contribution in [2.24, 2.45) is 11.7 Å². The lowest BCUT2D eigenvalue weighted by Gasteiger charge is -2.34. The number of hydrogen-bond acceptors (Lipinski definition) is 4. The number of rotatable bonds is 3. The maximum atomic E-state index is 11.4. The fraction of sp³-hybridized carbons (Fsp3) is 1.00. The summed E-state index contributed by atoms with van der Waals surface area (Å²) in [6.07, 6.45) is 0. The highest BCUT2D eigenvalue weighted by molar-refractivity contribution is 7.91. The molecule has 90 valence electrons. The van der Waals surface area contributed by atoms with E-state index in [2.05, 4.69) is 25.7 Å². The molecular weight excluding hydrogens is 212 g/mol. The molecule has 1 saturated heterocycles. The molecule has 0 saturated carbocycles. The van der Waals surface area contributed by atoms with Crippen LogP contribution in [-0.4, -0.2) is 50.0 Å². The first-order chi connectivity index (χ1) is 6.74. The third-order valence-corrected chi connectivity index (χ3v) is 5.24. The molecule has 4 nitrogen and oxygen atoms in total. The topological polar surface area (TPSA) is 63.4 Å². The highest BCUT2D eigenvalue weighted by atomic mass is 32.2. The van der Waals surface area contributed by atoms with Gasteiger partial charge in [0.1, 0.15) is 0 Å². The van der Waals surface area contributed by atoms with Gasteiger partial charge in [-0.25, -0.2) is 8.42 Å². The van der Waals surface area contributed by atoms with Crippen molar-refractivity contribution >= 4 is 9.84 Å². The van der Waals surface area contributed by atoms with Gasteiger partial charge in [-0.15, -0.1) is 0 Å². The van der Waals surface area contributed by atoms with E-state index in [0.29, 0.717) is 12.0 Å². The molecule has 1 fully saturated rings. The molecule has 0 aromatic carbocycles. The highest BCUT2D eigenvalue weighted by Gasteiger charge is 2.39. The minimum absolute atomic E-state index is 0.0209. The predicted molar refractivity (Wildman–Crippen MR) is 62.5 cm³/mol. The largest absolute Gasteiger partial charge is 0.325 e. The third kappa shape index (κ3) is 2.92. The van der Waals surface area contributed by atoms with E-state index < -0.39 is 9.84 Å². The second kappa shape index (κ2) is 4.39. The first-order valence-electron chi connectivity index (χ1n) is 5.42. The van der Waals surface area contributed by atoms with Crippen LogP contribution in [0.3, 0.4) is 0 Å². The molecule has 2 N–H and O–H groups in total. The Kier molecular flexibility index (Phi) is 3.79. The third-order valence-electron chi connectivity index (χ3n) is 3.50. The summed E-state index contributed by atoms with van der Waals surface area (Å²) < 4.78 is 22.9. The molecule has 0 aliphatic carbocycles. The molecule has 0 radical (unpaired) electrons. The maximum absolute atomic E-state index is 11.4. The van der Waals surface area contributed by atoms with Gasteiger partial charge in [0.05, 0.1) is 11.5 Å². The number of sulfone groups is 1. The lowest BCUT2D eigenvalue weighted by molar-refractivity contribution is 0.151. The van der Waals surface area contributed by atoms with Crippen LogP contribution in [0.25, 0.3) is 0 Å².